The summed E-state index contributed by atoms with van der Waals surface area (Å²) < 4.78 is 41.7. The molecule has 0 atom stereocenters. The van der Waals surface area contributed by atoms with Gasteiger partial charge < -0.3 is 9.47 Å². The molecule has 6 nitrogen and oxygen atoms in total. The van der Waals surface area contributed by atoms with Gasteiger partial charge in [-0.1, -0.05) is 31.7 Å². The first-order valence-electron chi connectivity index (χ1n) is 10.2. The third kappa shape index (κ3) is 4.10. The van der Waals surface area contributed by atoms with Crippen molar-refractivity contribution in [3.8, 4) is 11.5 Å². The first-order valence-corrected chi connectivity index (χ1v) is 11.7. The van der Waals surface area contributed by atoms with Crippen LogP contribution in [0.25, 0.3) is 0 Å². The summed E-state index contributed by atoms with van der Waals surface area (Å²) in [7, 11) is -3.43. The molecule has 4 rings (SSSR count). The van der Waals surface area contributed by atoms with Crippen LogP contribution in [0.15, 0.2) is 18.2 Å². The number of fused-ring (bicyclic) bond motifs is 1. The topological polar surface area (TPSA) is 67.9 Å². The first-order chi connectivity index (χ1) is 13.1. The van der Waals surface area contributed by atoms with Gasteiger partial charge in [0.1, 0.15) is 13.2 Å². The van der Waals surface area contributed by atoms with E-state index in [1.165, 1.54) is 0 Å². The van der Waals surface area contributed by atoms with Crippen LogP contribution in [0, 0.1) is 0 Å². The van der Waals surface area contributed by atoms with E-state index in [4.69, 9.17) is 9.47 Å². The predicted molar refractivity (Wildman–Crippen MR) is 105 cm³/mol. The van der Waals surface area contributed by atoms with E-state index in [9.17, 15) is 8.42 Å². The molecule has 3 aliphatic rings. The van der Waals surface area contributed by atoms with E-state index in [0.29, 0.717) is 32.8 Å². The van der Waals surface area contributed by atoms with Gasteiger partial charge >= 0.3 is 0 Å². The maximum Gasteiger partial charge on any atom is 0.279 e. The highest BCUT2D eigenvalue weighted by Crippen LogP contribution is 2.44. The van der Waals surface area contributed by atoms with Crippen molar-refractivity contribution in [1.82, 2.24) is 9.03 Å². The molecule has 1 aromatic rings. The zero-order valence-electron chi connectivity index (χ0n) is 15.9. The molecule has 1 N–H and O–H groups in total. The number of benzene rings is 1. The third-order valence-electron chi connectivity index (χ3n) is 6.21. The van der Waals surface area contributed by atoms with Crippen LogP contribution >= 0.6 is 0 Å². The summed E-state index contributed by atoms with van der Waals surface area (Å²) >= 11 is 0. The molecular weight excluding hydrogens is 364 g/mol. The fourth-order valence-corrected chi connectivity index (χ4v) is 5.98. The Morgan fingerprint density at radius 3 is 2.30 bits per heavy atom. The molecule has 0 spiro atoms. The lowest BCUT2D eigenvalue weighted by molar-refractivity contribution is 0.171. The zero-order valence-corrected chi connectivity index (χ0v) is 16.7. The van der Waals surface area contributed by atoms with Crippen LogP contribution in [0.1, 0.15) is 56.9 Å². The molecule has 0 amide bonds. The van der Waals surface area contributed by atoms with Crippen LogP contribution < -0.4 is 14.2 Å². The van der Waals surface area contributed by atoms with Gasteiger partial charge in [0.05, 0.1) is 0 Å². The maximum atomic E-state index is 12.9. The number of ether oxygens (including phenoxy) is 2. The van der Waals surface area contributed by atoms with Gasteiger partial charge in [-0.2, -0.15) is 12.7 Å². The van der Waals surface area contributed by atoms with Gasteiger partial charge in [-0.25, -0.2) is 4.72 Å². The van der Waals surface area contributed by atoms with E-state index >= 15 is 0 Å². The number of rotatable bonds is 5. The van der Waals surface area contributed by atoms with Crippen LogP contribution in [0.2, 0.25) is 0 Å². The summed E-state index contributed by atoms with van der Waals surface area (Å²) in [5, 5.41) is 0. The molecule has 2 aliphatic heterocycles. The number of nitrogens with zero attached hydrogens (tertiary/aromatic N) is 1. The fraction of sp³-hybridized carbons (Fsp3) is 0.700. The lowest BCUT2D eigenvalue weighted by Crippen LogP contribution is -2.46. The van der Waals surface area contributed by atoms with Gasteiger partial charge in [0.25, 0.3) is 10.2 Å². The van der Waals surface area contributed by atoms with E-state index in [1.807, 2.05) is 6.07 Å². The van der Waals surface area contributed by atoms with Crippen molar-refractivity contribution in [2.24, 2.45) is 0 Å². The highest BCUT2D eigenvalue weighted by atomic mass is 32.2. The van der Waals surface area contributed by atoms with Crippen molar-refractivity contribution < 1.29 is 17.9 Å². The molecule has 7 heteroatoms. The molecule has 150 valence electrons. The van der Waals surface area contributed by atoms with Gasteiger partial charge in [0.2, 0.25) is 0 Å². The minimum Gasteiger partial charge on any atom is -0.486 e. The molecule has 0 bridgehead atoms. The van der Waals surface area contributed by atoms with E-state index in [0.717, 1.165) is 68.4 Å². The molecule has 1 saturated carbocycles. The quantitative estimate of drug-likeness (QED) is 0.834. The van der Waals surface area contributed by atoms with Gasteiger partial charge in [-0.05, 0) is 43.4 Å². The van der Waals surface area contributed by atoms with Crippen molar-refractivity contribution >= 4 is 10.2 Å². The summed E-state index contributed by atoms with van der Waals surface area (Å²) in [4.78, 5) is 0. The molecule has 1 aromatic carbocycles. The average Bonchev–Trinajstić information content (AvgIpc) is 3.00. The summed E-state index contributed by atoms with van der Waals surface area (Å²) in [6.07, 6.45) is 8.38. The molecule has 1 aliphatic carbocycles. The SMILES string of the molecule is O=S(=O)(NCC1(c2ccc3c(c2)OCCO3)CCCC1)N1CCCCCC1. The summed E-state index contributed by atoms with van der Waals surface area (Å²) in [6.45, 7) is 2.85. The second-order valence-electron chi connectivity index (χ2n) is 7.99. The minimum atomic E-state index is -3.43. The number of hydrogen-bond donors (Lipinski definition) is 1. The van der Waals surface area contributed by atoms with Crippen LogP contribution in [0.3, 0.4) is 0 Å². The monoisotopic (exact) mass is 394 g/mol. The Morgan fingerprint density at radius 1 is 0.926 bits per heavy atom. The number of nitrogens with one attached hydrogen (secondary N) is 1. The fourth-order valence-electron chi connectivity index (χ4n) is 4.60. The summed E-state index contributed by atoms with van der Waals surface area (Å²) in [5.41, 5.74) is 0.997. The third-order valence-corrected chi connectivity index (χ3v) is 7.77. The predicted octanol–water partition coefficient (Wildman–Crippen LogP) is 2.98. The Labute approximate surface area is 162 Å². The highest BCUT2D eigenvalue weighted by Gasteiger charge is 2.38. The second kappa shape index (κ2) is 7.97. The van der Waals surface area contributed by atoms with Crippen molar-refractivity contribution in [3.05, 3.63) is 23.8 Å². The maximum absolute atomic E-state index is 12.9. The molecule has 0 unspecified atom stereocenters. The molecule has 27 heavy (non-hydrogen) atoms. The van der Waals surface area contributed by atoms with Gasteiger partial charge in [-0.15, -0.1) is 0 Å². The second-order valence-corrected chi connectivity index (χ2v) is 9.74. The van der Waals surface area contributed by atoms with Gasteiger partial charge in [0, 0.05) is 25.0 Å². The summed E-state index contributed by atoms with van der Waals surface area (Å²) in [6, 6.07) is 6.10. The van der Waals surface area contributed by atoms with E-state index in [1.54, 1.807) is 4.31 Å². The van der Waals surface area contributed by atoms with Crippen molar-refractivity contribution in [2.75, 3.05) is 32.8 Å². The highest BCUT2D eigenvalue weighted by molar-refractivity contribution is 7.87. The van der Waals surface area contributed by atoms with Crippen LogP contribution in [-0.4, -0.2) is 45.6 Å². The van der Waals surface area contributed by atoms with Crippen molar-refractivity contribution in [2.45, 2.75) is 56.8 Å². The Bertz CT molecular complexity index is 751. The van der Waals surface area contributed by atoms with E-state index in [2.05, 4.69) is 16.9 Å². The first kappa shape index (κ1) is 19.0. The lowest BCUT2D eigenvalue weighted by Gasteiger charge is -2.32. The molecule has 0 radical (unpaired) electrons. The Kier molecular flexibility index (Phi) is 5.62. The van der Waals surface area contributed by atoms with E-state index in [-0.39, 0.29) is 5.41 Å². The van der Waals surface area contributed by atoms with E-state index < -0.39 is 10.2 Å². The standard InChI is InChI=1S/C20H30N2O4S/c23-27(24,22-11-5-1-2-6-12-22)21-16-20(9-3-4-10-20)17-7-8-18-19(15-17)26-14-13-25-18/h7-8,15,21H,1-6,9-14,16H2. The Balaban J connectivity index is 1.52. The van der Waals surface area contributed by atoms with Crippen molar-refractivity contribution in [1.29, 1.82) is 0 Å². The summed E-state index contributed by atoms with van der Waals surface area (Å²) in [5.74, 6) is 1.56. The van der Waals surface area contributed by atoms with Crippen LogP contribution in [0.4, 0.5) is 0 Å². The molecule has 1 saturated heterocycles. The Hall–Kier alpha value is -1.31. The Morgan fingerprint density at radius 2 is 1.59 bits per heavy atom. The van der Waals surface area contributed by atoms with Crippen molar-refractivity contribution in [3.63, 3.8) is 0 Å². The van der Waals surface area contributed by atoms with Crippen LogP contribution in [-0.2, 0) is 15.6 Å². The molecule has 2 fully saturated rings. The smallest absolute Gasteiger partial charge is 0.279 e. The van der Waals surface area contributed by atoms with Crippen LogP contribution in [0.5, 0.6) is 11.5 Å². The zero-order chi connectivity index (χ0) is 18.7. The largest absolute Gasteiger partial charge is 0.486 e. The molecule has 0 aromatic heterocycles. The average molecular weight is 395 g/mol. The van der Waals surface area contributed by atoms with Gasteiger partial charge in [0.15, 0.2) is 11.5 Å². The normalized spacial score (nSPS) is 23.1. The number of hydrogen-bond acceptors (Lipinski definition) is 4. The van der Waals surface area contributed by atoms with Gasteiger partial charge in [-0.3, -0.25) is 0 Å². The molecular formula is C20H30N2O4S. The lowest BCUT2D eigenvalue weighted by atomic mass is 9.79. The minimum absolute atomic E-state index is 0.158. The molecule has 2 heterocycles.